The first kappa shape index (κ1) is 24.3. The van der Waals surface area contributed by atoms with Crippen LogP contribution in [0, 0.1) is 0 Å². The first-order chi connectivity index (χ1) is 17.9. The van der Waals surface area contributed by atoms with Crippen LogP contribution in [0.5, 0.6) is 17.2 Å². The van der Waals surface area contributed by atoms with Crippen molar-refractivity contribution in [3.63, 3.8) is 0 Å². The minimum Gasteiger partial charge on any atom is -0.507 e. The largest absolute Gasteiger partial charge is 0.507 e. The lowest BCUT2D eigenvalue weighted by Crippen LogP contribution is -2.29. The first-order valence-corrected chi connectivity index (χ1v) is 12.4. The molecule has 0 unspecified atom stereocenters. The van der Waals surface area contributed by atoms with Gasteiger partial charge in [0.25, 0.3) is 5.78 Å². The van der Waals surface area contributed by atoms with E-state index < -0.39 is 17.7 Å². The SMILES string of the molecule is CCOc1ccc2nc(N3C(=O)C(=O)C(=C(O)c4ccc(OC)cc4)[C@@H]3c3ccc(OC)cc3)sc2c1. The highest BCUT2D eigenvalue weighted by Gasteiger charge is 2.48. The molecule has 1 saturated heterocycles. The standard InChI is InChI=1S/C28H24N2O6S/c1-4-36-20-13-14-21-22(15-20)37-28(29-21)30-24(16-5-9-18(34-2)10-6-16)23(26(32)27(30)33)25(31)17-7-11-19(35-3)12-8-17/h5-15,24,31H,4H2,1-3H3/t24-/m0/s1. The highest BCUT2D eigenvalue weighted by atomic mass is 32.1. The molecule has 9 heteroatoms. The van der Waals surface area contributed by atoms with Gasteiger partial charge >= 0.3 is 5.91 Å². The minimum absolute atomic E-state index is 0.0189. The van der Waals surface area contributed by atoms with Crippen molar-refractivity contribution in [3.8, 4) is 17.2 Å². The molecule has 5 rings (SSSR count). The van der Waals surface area contributed by atoms with E-state index in [9.17, 15) is 14.7 Å². The molecular weight excluding hydrogens is 492 g/mol. The third kappa shape index (κ3) is 4.38. The van der Waals surface area contributed by atoms with E-state index in [4.69, 9.17) is 14.2 Å². The molecule has 2 heterocycles. The zero-order valence-electron chi connectivity index (χ0n) is 20.4. The second kappa shape index (κ2) is 9.94. The molecule has 1 N–H and O–H groups in total. The van der Waals surface area contributed by atoms with Crippen LogP contribution >= 0.6 is 11.3 Å². The number of aliphatic hydroxyl groups is 1. The van der Waals surface area contributed by atoms with Gasteiger partial charge in [-0.3, -0.25) is 14.5 Å². The van der Waals surface area contributed by atoms with Crippen molar-refractivity contribution in [2.45, 2.75) is 13.0 Å². The highest BCUT2D eigenvalue weighted by molar-refractivity contribution is 7.22. The predicted octanol–water partition coefficient (Wildman–Crippen LogP) is 5.34. The fourth-order valence-electron chi connectivity index (χ4n) is 4.29. The number of ether oxygens (including phenoxy) is 3. The molecule has 1 aromatic heterocycles. The number of Topliss-reactive ketones (excluding diaryl/α,β-unsaturated/α-hetero) is 1. The van der Waals surface area contributed by atoms with E-state index in [-0.39, 0.29) is 11.3 Å². The number of thiazole rings is 1. The molecule has 1 amide bonds. The number of rotatable bonds is 7. The van der Waals surface area contributed by atoms with Crippen LogP contribution < -0.4 is 19.1 Å². The summed E-state index contributed by atoms with van der Waals surface area (Å²) in [4.78, 5) is 32.8. The predicted molar refractivity (Wildman–Crippen MR) is 142 cm³/mol. The number of carbonyl (C=O) groups excluding carboxylic acids is 2. The van der Waals surface area contributed by atoms with Crippen LogP contribution in [-0.4, -0.2) is 42.6 Å². The molecule has 1 fully saturated rings. The number of fused-ring (bicyclic) bond motifs is 1. The normalized spacial score (nSPS) is 16.8. The van der Waals surface area contributed by atoms with E-state index in [0.717, 1.165) is 4.70 Å². The maximum Gasteiger partial charge on any atom is 0.301 e. The van der Waals surface area contributed by atoms with Crippen LogP contribution in [0.4, 0.5) is 5.13 Å². The molecule has 0 spiro atoms. The van der Waals surface area contributed by atoms with E-state index in [2.05, 4.69) is 4.98 Å². The first-order valence-electron chi connectivity index (χ1n) is 11.6. The maximum atomic E-state index is 13.4. The van der Waals surface area contributed by atoms with Crippen LogP contribution in [0.1, 0.15) is 24.1 Å². The summed E-state index contributed by atoms with van der Waals surface area (Å²) in [5, 5.41) is 11.6. The van der Waals surface area contributed by atoms with Crippen LogP contribution in [0.25, 0.3) is 16.0 Å². The van der Waals surface area contributed by atoms with Gasteiger partial charge in [0.2, 0.25) is 0 Å². The fourth-order valence-corrected chi connectivity index (χ4v) is 5.31. The summed E-state index contributed by atoms with van der Waals surface area (Å²) in [6.45, 7) is 2.42. The van der Waals surface area contributed by atoms with Gasteiger partial charge in [0.15, 0.2) is 5.13 Å². The van der Waals surface area contributed by atoms with E-state index in [1.54, 1.807) is 62.8 Å². The van der Waals surface area contributed by atoms with Crippen molar-refractivity contribution < 1.29 is 28.9 Å². The quantitative estimate of drug-likeness (QED) is 0.201. The van der Waals surface area contributed by atoms with Gasteiger partial charge in [-0.25, -0.2) is 4.98 Å². The van der Waals surface area contributed by atoms with Crippen molar-refractivity contribution >= 4 is 44.1 Å². The lowest BCUT2D eigenvalue weighted by atomic mass is 9.95. The van der Waals surface area contributed by atoms with Crippen LogP contribution in [0.3, 0.4) is 0 Å². The molecule has 0 aliphatic carbocycles. The van der Waals surface area contributed by atoms with E-state index in [1.807, 2.05) is 25.1 Å². The average molecular weight is 517 g/mol. The molecule has 1 aliphatic heterocycles. The second-order valence-corrected chi connectivity index (χ2v) is 9.24. The Hall–Kier alpha value is -4.37. The highest BCUT2D eigenvalue weighted by Crippen LogP contribution is 2.45. The van der Waals surface area contributed by atoms with Crippen LogP contribution in [0.2, 0.25) is 0 Å². The number of hydrogen-bond donors (Lipinski definition) is 1. The monoisotopic (exact) mass is 516 g/mol. The third-order valence-electron chi connectivity index (χ3n) is 6.11. The van der Waals surface area contributed by atoms with Crippen molar-refractivity contribution in [2.24, 2.45) is 0 Å². The fraction of sp³-hybridized carbons (Fsp3) is 0.179. The Balaban J connectivity index is 1.67. The van der Waals surface area contributed by atoms with E-state index in [0.29, 0.717) is 45.6 Å². The molecule has 3 aromatic carbocycles. The Morgan fingerprint density at radius 1 is 0.946 bits per heavy atom. The van der Waals surface area contributed by atoms with Gasteiger partial charge in [-0.05, 0) is 67.1 Å². The smallest absolute Gasteiger partial charge is 0.301 e. The molecule has 188 valence electrons. The van der Waals surface area contributed by atoms with Crippen molar-refractivity contribution in [3.05, 3.63) is 83.4 Å². The van der Waals surface area contributed by atoms with E-state index >= 15 is 0 Å². The number of ketones is 1. The molecule has 0 radical (unpaired) electrons. The second-order valence-electron chi connectivity index (χ2n) is 8.23. The lowest BCUT2D eigenvalue weighted by Gasteiger charge is -2.23. The molecule has 8 nitrogen and oxygen atoms in total. The summed E-state index contributed by atoms with van der Waals surface area (Å²) < 4.78 is 16.9. The van der Waals surface area contributed by atoms with Gasteiger partial charge < -0.3 is 19.3 Å². The average Bonchev–Trinajstić information content (AvgIpc) is 3.46. The Kier molecular flexibility index (Phi) is 6.54. The molecule has 1 atom stereocenters. The summed E-state index contributed by atoms with van der Waals surface area (Å²) in [6.07, 6.45) is 0. The number of aromatic nitrogens is 1. The lowest BCUT2D eigenvalue weighted by molar-refractivity contribution is -0.132. The van der Waals surface area contributed by atoms with Crippen LogP contribution in [-0.2, 0) is 9.59 Å². The molecule has 4 aromatic rings. The number of anilines is 1. The summed E-state index contributed by atoms with van der Waals surface area (Å²) in [5.74, 6) is 0.0924. The van der Waals surface area contributed by atoms with Crippen LogP contribution in [0.15, 0.2) is 72.3 Å². The van der Waals surface area contributed by atoms with Crippen molar-refractivity contribution in [2.75, 3.05) is 25.7 Å². The third-order valence-corrected chi connectivity index (χ3v) is 7.12. The number of benzene rings is 3. The van der Waals surface area contributed by atoms with Gasteiger partial charge in [-0.15, -0.1) is 0 Å². The number of carbonyl (C=O) groups is 2. The number of methoxy groups -OCH3 is 2. The van der Waals surface area contributed by atoms with Gasteiger partial charge in [-0.1, -0.05) is 23.5 Å². The molecule has 37 heavy (non-hydrogen) atoms. The van der Waals surface area contributed by atoms with Crippen molar-refractivity contribution in [1.82, 2.24) is 4.98 Å². The summed E-state index contributed by atoms with van der Waals surface area (Å²) in [7, 11) is 3.10. The molecule has 1 aliphatic rings. The zero-order chi connectivity index (χ0) is 26.1. The van der Waals surface area contributed by atoms with Gasteiger partial charge in [0.1, 0.15) is 23.0 Å². The Labute approximate surface area is 217 Å². The number of aliphatic hydroxyl groups excluding tert-OH is 1. The Morgan fingerprint density at radius 2 is 1.57 bits per heavy atom. The van der Waals surface area contributed by atoms with Gasteiger partial charge in [0, 0.05) is 5.56 Å². The Morgan fingerprint density at radius 3 is 2.19 bits per heavy atom. The Bertz CT molecular complexity index is 1510. The van der Waals surface area contributed by atoms with E-state index in [1.165, 1.54) is 16.2 Å². The van der Waals surface area contributed by atoms with Gasteiger partial charge in [0.05, 0.1) is 42.7 Å². The number of hydrogen-bond acceptors (Lipinski definition) is 8. The molecule has 0 saturated carbocycles. The summed E-state index contributed by atoms with van der Waals surface area (Å²) in [6, 6.07) is 18.3. The maximum absolute atomic E-state index is 13.4. The van der Waals surface area contributed by atoms with Gasteiger partial charge in [-0.2, -0.15) is 0 Å². The summed E-state index contributed by atoms with van der Waals surface area (Å²) in [5.41, 5.74) is 1.68. The van der Waals surface area contributed by atoms with Crippen molar-refractivity contribution in [1.29, 1.82) is 0 Å². The summed E-state index contributed by atoms with van der Waals surface area (Å²) >= 11 is 1.28. The zero-order valence-corrected chi connectivity index (χ0v) is 21.2. The topological polar surface area (TPSA) is 98.2 Å². The number of amides is 1. The molecule has 0 bridgehead atoms. The number of nitrogens with zero attached hydrogens (tertiary/aromatic N) is 2. The molecular formula is C28H24N2O6S. The minimum atomic E-state index is -0.889.